The first-order valence-corrected chi connectivity index (χ1v) is 6.76. The van der Waals surface area contributed by atoms with Gasteiger partial charge in [-0.05, 0) is 69.5 Å². The van der Waals surface area contributed by atoms with Gasteiger partial charge in [-0.2, -0.15) is 0 Å². The predicted molar refractivity (Wildman–Crippen MR) is 65.0 cm³/mol. The zero-order chi connectivity index (χ0) is 10.6. The van der Waals surface area contributed by atoms with Crippen molar-refractivity contribution in [3.05, 3.63) is 0 Å². The molecule has 88 valence electrons. The van der Waals surface area contributed by atoms with E-state index in [1.54, 1.807) is 0 Å². The van der Waals surface area contributed by atoms with Crippen molar-refractivity contribution < 1.29 is 0 Å². The van der Waals surface area contributed by atoms with Gasteiger partial charge in [0, 0.05) is 6.54 Å². The van der Waals surface area contributed by atoms with E-state index in [4.69, 9.17) is 0 Å². The molecular formula is C13H26N2. The van der Waals surface area contributed by atoms with Crippen LogP contribution in [-0.2, 0) is 0 Å². The van der Waals surface area contributed by atoms with Crippen LogP contribution in [0, 0.1) is 11.3 Å². The molecule has 0 aromatic rings. The Morgan fingerprint density at radius 3 is 2.87 bits per heavy atom. The first-order chi connectivity index (χ1) is 7.35. The summed E-state index contributed by atoms with van der Waals surface area (Å²) in [5.74, 6) is 0.933. The van der Waals surface area contributed by atoms with Crippen LogP contribution in [0.25, 0.3) is 0 Å². The van der Waals surface area contributed by atoms with Gasteiger partial charge in [-0.3, -0.25) is 0 Å². The molecule has 2 heteroatoms. The summed E-state index contributed by atoms with van der Waals surface area (Å²) in [5, 5.41) is 7.15. The van der Waals surface area contributed by atoms with Crippen molar-refractivity contribution in [1.29, 1.82) is 0 Å². The molecule has 1 heterocycles. The van der Waals surface area contributed by atoms with Crippen molar-refractivity contribution in [1.82, 2.24) is 10.6 Å². The lowest BCUT2D eigenvalue weighted by Crippen LogP contribution is -2.33. The average Bonchev–Trinajstić information content (AvgIpc) is 3.07. The normalized spacial score (nSPS) is 29.0. The van der Waals surface area contributed by atoms with Gasteiger partial charge in [-0.1, -0.05) is 6.92 Å². The summed E-state index contributed by atoms with van der Waals surface area (Å²) in [5.41, 5.74) is 0.713. The SMILES string of the molecule is CCC1(CNCCC2CCCNC2)CC1. The van der Waals surface area contributed by atoms with Crippen LogP contribution in [-0.4, -0.2) is 26.2 Å². The van der Waals surface area contributed by atoms with Crippen LogP contribution in [0.2, 0.25) is 0 Å². The Bertz CT molecular complexity index is 181. The highest BCUT2D eigenvalue weighted by Crippen LogP contribution is 2.47. The number of piperidine rings is 1. The summed E-state index contributed by atoms with van der Waals surface area (Å²) in [6, 6.07) is 0. The fraction of sp³-hybridized carbons (Fsp3) is 1.00. The van der Waals surface area contributed by atoms with Gasteiger partial charge in [0.25, 0.3) is 0 Å². The first-order valence-electron chi connectivity index (χ1n) is 6.76. The maximum atomic E-state index is 3.66. The maximum absolute atomic E-state index is 3.66. The lowest BCUT2D eigenvalue weighted by atomic mass is 9.96. The molecule has 15 heavy (non-hydrogen) atoms. The molecule has 0 aromatic heterocycles. The smallest absolute Gasteiger partial charge is 0.000771 e. The zero-order valence-electron chi connectivity index (χ0n) is 10.1. The van der Waals surface area contributed by atoms with E-state index in [-0.39, 0.29) is 0 Å². The molecule has 1 saturated heterocycles. The molecule has 1 aliphatic heterocycles. The Morgan fingerprint density at radius 1 is 1.40 bits per heavy atom. The van der Waals surface area contributed by atoms with E-state index in [0.29, 0.717) is 5.41 Å². The van der Waals surface area contributed by atoms with Gasteiger partial charge in [0.15, 0.2) is 0 Å². The van der Waals surface area contributed by atoms with Crippen LogP contribution < -0.4 is 10.6 Å². The summed E-state index contributed by atoms with van der Waals surface area (Å²) >= 11 is 0. The Hall–Kier alpha value is -0.0800. The number of hydrogen-bond donors (Lipinski definition) is 2. The quantitative estimate of drug-likeness (QED) is 0.657. The molecule has 0 bridgehead atoms. The van der Waals surface area contributed by atoms with Crippen molar-refractivity contribution in [3.63, 3.8) is 0 Å². The van der Waals surface area contributed by atoms with Crippen LogP contribution >= 0.6 is 0 Å². The molecule has 1 saturated carbocycles. The molecule has 1 unspecified atom stereocenters. The standard InChI is InChI=1S/C13H26N2/c1-2-13(6-7-13)11-15-9-5-12-4-3-8-14-10-12/h12,14-15H,2-11H2,1H3. The molecule has 0 aromatic carbocycles. The van der Waals surface area contributed by atoms with Gasteiger partial charge in [-0.25, -0.2) is 0 Å². The maximum Gasteiger partial charge on any atom is 0.000771 e. The average molecular weight is 210 g/mol. The molecular weight excluding hydrogens is 184 g/mol. The van der Waals surface area contributed by atoms with Crippen LogP contribution in [0.3, 0.4) is 0 Å². The predicted octanol–water partition coefficient (Wildman–Crippen LogP) is 2.16. The highest BCUT2D eigenvalue weighted by atomic mass is 14.9. The number of rotatable bonds is 6. The second-order valence-electron chi connectivity index (χ2n) is 5.53. The topological polar surface area (TPSA) is 24.1 Å². The van der Waals surface area contributed by atoms with E-state index in [1.165, 1.54) is 64.7 Å². The third-order valence-electron chi connectivity index (χ3n) is 4.34. The van der Waals surface area contributed by atoms with E-state index < -0.39 is 0 Å². The van der Waals surface area contributed by atoms with E-state index >= 15 is 0 Å². The van der Waals surface area contributed by atoms with Crippen LogP contribution in [0.4, 0.5) is 0 Å². The number of hydrogen-bond acceptors (Lipinski definition) is 2. The van der Waals surface area contributed by atoms with E-state index in [0.717, 1.165) is 5.92 Å². The summed E-state index contributed by atoms with van der Waals surface area (Å²) < 4.78 is 0. The van der Waals surface area contributed by atoms with Gasteiger partial charge in [0.05, 0.1) is 0 Å². The third kappa shape index (κ3) is 3.46. The van der Waals surface area contributed by atoms with Crippen LogP contribution in [0.15, 0.2) is 0 Å². The molecule has 0 spiro atoms. The van der Waals surface area contributed by atoms with Crippen molar-refractivity contribution in [2.24, 2.45) is 11.3 Å². The molecule has 2 fully saturated rings. The van der Waals surface area contributed by atoms with Crippen molar-refractivity contribution in [2.75, 3.05) is 26.2 Å². The van der Waals surface area contributed by atoms with Crippen molar-refractivity contribution in [3.8, 4) is 0 Å². The van der Waals surface area contributed by atoms with E-state index in [2.05, 4.69) is 17.6 Å². The van der Waals surface area contributed by atoms with Gasteiger partial charge < -0.3 is 10.6 Å². The Morgan fingerprint density at radius 2 is 2.27 bits per heavy atom. The molecule has 1 atom stereocenters. The minimum Gasteiger partial charge on any atom is -0.316 e. The summed E-state index contributed by atoms with van der Waals surface area (Å²) in [6.07, 6.45) is 8.47. The summed E-state index contributed by atoms with van der Waals surface area (Å²) in [7, 11) is 0. The lowest BCUT2D eigenvalue weighted by Gasteiger charge is -2.23. The minimum atomic E-state index is 0.713. The van der Waals surface area contributed by atoms with Crippen molar-refractivity contribution in [2.45, 2.75) is 45.4 Å². The molecule has 2 rings (SSSR count). The van der Waals surface area contributed by atoms with Gasteiger partial charge in [0.1, 0.15) is 0 Å². The van der Waals surface area contributed by atoms with Crippen LogP contribution in [0.1, 0.15) is 45.4 Å². The Balaban J connectivity index is 1.51. The Kier molecular flexibility index (Phi) is 4.04. The fourth-order valence-electron chi connectivity index (χ4n) is 2.66. The monoisotopic (exact) mass is 210 g/mol. The largest absolute Gasteiger partial charge is 0.316 e. The zero-order valence-corrected chi connectivity index (χ0v) is 10.1. The molecule has 2 N–H and O–H groups in total. The second-order valence-corrected chi connectivity index (χ2v) is 5.53. The molecule has 0 radical (unpaired) electrons. The van der Waals surface area contributed by atoms with Crippen molar-refractivity contribution >= 4 is 0 Å². The molecule has 1 aliphatic carbocycles. The first kappa shape index (κ1) is 11.4. The fourth-order valence-corrected chi connectivity index (χ4v) is 2.66. The van der Waals surface area contributed by atoms with Gasteiger partial charge in [0.2, 0.25) is 0 Å². The molecule has 2 aliphatic rings. The summed E-state index contributed by atoms with van der Waals surface area (Å²) in [6.45, 7) is 7.32. The highest BCUT2D eigenvalue weighted by Gasteiger charge is 2.39. The number of nitrogens with one attached hydrogen (secondary N) is 2. The Labute approximate surface area is 94.2 Å². The molecule has 2 nitrogen and oxygen atoms in total. The van der Waals surface area contributed by atoms with E-state index in [1.807, 2.05) is 0 Å². The molecule has 0 amide bonds. The summed E-state index contributed by atoms with van der Waals surface area (Å²) in [4.78, 5) is 0. The third-order valence-corrected chi connectivity index (χ3v) is 4.34. The minimum absolute atomic E-state index is 0.713. The second kappa shape index (κ2) is 5.31. The van der Waals surface area contributed by atoms with Gasteiger partial charge >= 0.3 is 0 Å². The lowest BCUT2D eigenvalue weighted by molar-refractivity contribution is 0.343. The highest BCUT2D eigenvalue weighted by molar-refractivity contribution is 4.93. The van der Waals surface area contributed by atoms with Gasteiger partial charge in [-0.15, -0.1) is 0 Å². The van der Waals surface area contributed by atoms with E-state index in [9.17, 15) is 0 Å². The van der Waals surface area contributed by atoms with Crippen LogP contribution in [0.5, 0.6) is 0 Å².